The van der Waals surface area contributed by atoms with Crippen LogP contribution in [0.4, 0.5) is 4.39 Å². The summed E-state index contributed by atoms with van der Waals surface area (Å²) in [5.41, 5.74) is -3.22. The second kappa shape index (κ2) is 8.71. The van der Waals surface area contributed by atoms with Crippen molar-refractivity contribution in [1.29, 1.82) is 0 Å². The van der Waals surface area contributed by atoms with Gasteiger partial charge in [0, 0.05) is 46.8 Å². The zero-order chi connectivity index (χ0) is 28.9. The number of benzene rings is 1. The first-order valence-electron chi connectivity index (χ1n) is 13.2. The summed E-state index contributed by atoms with van der Waals surface area (Å²) < 4.78 is 16.1. The predicted molar refractivity (Wildman–Crippen MR) is 139 cm³/mol. The van der Waals surface area contributed by atoms with Crippen LogP contribution in [0.5, 0.6) is 5.75 Å². The minimum Gasteiger partial charge on any atom is -0.508 e. The van der Waals surface area contributed by atoms with Crippen molar-refractivity contribution in [3.05, 3.63) is 45.0 Å². The molecule has 1 aliphatic heterocycles. The van der Waals surface area contributed by atoms with Crippen LogP contribution < -0.4 is 0 Å². The number of likely N-dealkylation sites (N-methyl/N-ethyl adjacent to an activating group) is 1. The normalized spacial score (nSPS) is 29.0. The standard InChI is InChI=1S/C29H35FN2O7/c1-7-28(3,4)32-10-15-16(11-32)23(34)20-14(21(15)30)8-13-9-17-22(31(5)6)25(36)18(12(2)33)26(37)29(17,39)27(38)19(13)24(20)35/h13,17,22,34-35,37,39H,7-11H2,1-6H3/t13-,17-,22-,29+/m0/s1. The highest BCUT2D eigenvalue weighted by Crippen LogP contribution is 2.54. The largest absolute Gasteiger partial charge is 0.508 e. The topological polar surface area (TPSA) is 139 Å². The van der Waals surface area contributed by atoms with E-state index in [2.05, 4.69) is 0 Å². The second-order valence-electron chi connectivity index (χ2n) is 12.1. The van der Waals surface area contributed by atoms with E-state index in [4.69, 9.17) is 0 Å². The third-order valence-corrected chi connectivity index (χ3v) is 9.56. The van der Waals surface area contributed by atoms with Crippen LogP contribution in [0.1, 0.15) is 62.8 Å². The van der Waals surface area contributed by atoms with Gasteiger partial charge < -0.3 is 20.4 Å². The monoisotopic (exact) mass is 542 g/mol. The molecule has 0 spiro atoms. The van der Waals surface area contributed by atoms with Crippen LogP contribution in [0.2, 0.25) is 0 Å². The highest BCUT2D eigenvalue weighted by atomic mass is 19.1. The lowest BCUT2D eigenvalue weighted by molar-refractivity contribution is -0.153. The van der Waals surface area contributed by atoms with E-state index in [-0.39, 0.29) is 53.9 Å². The fourth-order valence-corrected chi connectivity index (χ4v) is 6.97. The van der Waals surface area contributed by atoms with Crippen LogP contribution in [0.3, 0.4) is 0 Å². The number of rotatable bonds is 4. The van der Waals surface area contributed by atoms with Gasteiger partial charge in [-0.2, -0.15) is 0 Å². The van der Waals surface area contributed by atoms with E-state index >= 15 is 4.39 Å². The Morgan fingerprint density at radius 1 is 1.13 bits per heavy atom. The molecule has 0 amide bonds. The lowest BCUT2D eigenvalue weighted by Crippen LogP contribution is -2.65. The summed E-state index contributed by atoms with van der Waals surface area (Å²) in [6.45, 7) is 7.69. The zero-order valence-corrected chi connectivity index (χ0v) is 23.1. The quantitative estimate of drug-likeness (QED) is 0.423. The molecule has 39 heavy (non-hydrogen) atoms. The molecule has 0 bridgehead atoms. The van der Waals surface area contributed by atoms with Crippen LogP contribution >= 0.6 is 0 Å². The van der Waals surface area contributed by atoms with Crippen LogP contribution in [0.25, 0.3) is 5.76 Å². The van der Waals surface area contributed by atoms with Crippen LogP contribution in [-0.2, 0) is 33.9 Å². The van der Waals surface area contributed by atoms with E-state index in [0.29, 0.717) is 11.1 Å². The Morgan fingerprint density at radius 2 is 1.74 bits per heavy atom. The number of hydrogen-bond donors (Lipinski definition) is 4. The fraction of sp³-hybridized carbons (Fsp3) is 0.552. The number of hydrogen-bond acceptors (Lipinski definition) is 9. The van der Waals surface area contributed by atoms with Crippen LogP contribution in [-0.4, -0.2) is 78.9 Å². The summed E-state index contributed by atoms with van der Waals surface area (Å²) >= 11 is 0. The Labute approximate surface area is 226 Å². The Bertz CT molecular complexity index is 1410. The van der Waals surface area contributed by atoms with Gasteiger partial charge in [0.25, 0.3) is 0 Å². The summed E-state index contributed by atoms with van der Waals surface area (Å²) in [4.78, 5) is 43.0. The van der Waals surface area contributed by atoms with Gasteiger partial charge in [-0.05, 0) is 60.0 Å². The number of ketones is 3. The van der Waals surface area contributed by atoms with E-state index in [1.54, 1.807) is 14.1 Å². The molecule has 210 valence electrons. The van der Waals surface area contributed by atoms with E-state index in [9.17, 15) is 34.8 Å². The van der Waals surface area contributed by atoms with Gasteiger partial charge in [0.2, 0.25) is 5.78 Å². The number of Topliss-reactive ketones (excluding diaryl/α,β-unsaturated/α-hetero) is 3. The van der Waals surface area contributed by atoms with E-state index in [1.807, 2.05) is 25.7 Å². The smallest absolute Gasteiger partial charge is 0.202 e. The maximum Gasteiger partial charge on any atom is 0.202 e. The Morgan fingerprint density at radius 3 is 2.31 bits per heavy atom. The van der Waals surface area contributed by atoms with E-state index in [1.165, 1.54) is 4.90 Å². The van der Waals surface area contributed by atoms with Crippen molar-refractivity contribution < 1.29 is 39.2 Å². The molecule has 1 aromatic rings. The van der Waals surface area contributed by atoms with Crippen molar-refractivity contribution in [2.45, 2.75) is 77.2 Å². The Hall–Kier alpha value is -3.08. The zero-order valence-electron chi connectivity index (χ0n) is 23.1. The van der Waals surface area contributed by atoms with Crippen molar-refractivity contribution in [3.8, 4) is 5.75 Å². The number of carbonyl (C=O) groups is 3. The van der Waals surface area contributed by atoms with Gasteiger partial charge in [-0.25, -0.2) is 4.39 Å². The average Bonchev–Trinajstić information content (AvgIpc) is 3.31. The minimum absolute atomic E-state index is 0.0445. The average molecular weight is 543 g/mol. The number of halogens is 1. The molecule has 0 radical (unpaired) electrons. The highest BCUT2D eigenvalue weighted by molar-refractivity contribution is 6.25. The molecule has 9 nitrogen and oxygen atoms in total. The van der Waals surface area contributed by atoms with E-state index < -0.39 is 63.7 Å². The number of fused-ring (bicyclic) bond motifs is 4. The molecule has 0 unspecified atom stereocenters. The maximum atomic E-state index is 16.1. The molecular weight excluding hydrogens is 507 g/mol. The molecule has 0 aromatic heterocycles. The van der Waals surface area contributed by atoms with Crippen molar-refractivity contribution in [3.63, 3.8) is 0 Å². The van der Waals surface area contributed by atoms with Crippen LogP contribution in [0.15, 0.2) is 16.9 Å². The summed E-state index contributed by atoms with van der Waals surface area (Å²) in [5, 5.41) is 45.4. The molecule has 0 saturated heterocycles. The molecule has 1 fully saturated rings. The summed E-state index contributed by atoms with van der Waals surface area (Å²) in [7, 11) is 3.13. The van der Waals surface area contributed by atoms with E-state index in [0.717, 1.165) is 13.3 Å². The third kappa shape index (κ3) is 3.50. The number of aromatic hydroxyl groups is 1. The highest BCUT2D eigenvalue weighted by Gasteiger charge is 2.64. The SMILES string of the molecule is CCC(C)(C)N1Cc2c(O)c3c(c(F)c2C1)C[C@H]1C[C@H]2[C@H](N(C)C)C(=O)C(C(C)=O)=C(O)[C@@]2(O)C(=O)C1=C3O. The van der Waals surface area contributed by atoms with Gasteiger partial charge in [0.15, 0.2) is 17.2 Å². The molecule has 1 saturated carbocycles. The molecule has 3 aliphatic carbocycles. The number of nitrogens with zero attached hydrogens (tertiary/aromatic N) is 2. The van der Waals surface area contributed by atoms with Crippen molar-refractivity contribution in [1.82, 2.24) is 9.80 Å². The Kier molecular flexibility index (Phi) is 6.14. The van der Waals surface area contributed by atoms with Crippen molar-refractivity contribution >= 4 is 23.1 Å². The number of aliphatic hydroxyl groups is 3. The molecule has 4 aliphatic rings. The number of phenolic OH excluding ortho intramolecular Hbond substituents is 1. The van der Waals surface area contributed by atoms with Gasteiger partial charge in [-0.15, -0.1) is 0 Å². The van der Waals surface area contributed by atoms with Gasteiger partial charge in [0.1, 0.15) is 28.7 Å². The van der Waals surface area contributed by atoms with Crippen LogP contribution in [0, 0.1) is 17.7 Å². The van der Waals surface area contributed by atoms with Crippen molar-refractivity contribution in [2.24, 2.45) is 11.8 Å². The van der Waals surface area contributed by atoms with Gasteiger partial charge >= 0.3 is 0 Å². The molecule has 5 rings (SSSR count). The molecular formula is C29H35FN2O7. The van der Waals surface area contributed by atoms with Crippen molar-refractivity contribution in [2.75, 3.05) is 14.1 Å². The first-order chi connectivity index (χ1) is 18.1. The number of phenols is 1. The summed E-state index contributed by atoms with van der Waals surface area (Å²) in [6, 6.07) is -1.11. The molecule has 1 aromatic carbocycles. The predicted octanol–water partition coefficient (Wildman–Crippen LogP) is 2.71. The lowest BCUT2D eigenvalue weighted by Gasteiger charge is -2.50. The van der Waals surface area contributed by atoms with Gasteiger partial charge in [-0.1, -0.05) is 6.92 Å². The first kappa shape index (κ1) is 27.5. The molecule has 4 atom stereocenters. The fourth-order valence-electron chi connectivity index (χ4n) is 6.97. The Balaban J connectivity index is 1.70. The lowest BCUT2D eigenvalue weighted by atomic mass is 9.57. The first-order valence-corrected chi connectivity index (χ1v) is 13.2. The number of aliphatic hydroxyl groups excluding tert-OH is 2. The maximum absolute atomic E-state index is 16.1. The van der Waals surface area contributed by atoms with Gasteiger partial charge in [0.05, 0.1) is 11.6 Å². The number of carbonyl (C=O) groups excluding carboxylic acids is 3. The second-order valence-corrected chi connectivity index (χ2v) is 12.1. The van der Waals surface area contributed by atoms with Gasteiger partial charge in [-0.3, -0.25) is 24.2 Å². The summed E-state index contributed by atoms with van der Waals surface area (Å²) in [5.74, 6) is -7.03. The molecule has 10 heteroatoms. The molecule has 1 heterocycles. The summed E-state index contributed by atoms with van der Waals surface area (Å²) in [6.07, 6.45) is 0.701. The minimum atomic E-state index is -2.64. The third-order valence-electron chi connectivity index (χ3n) is 9.56. The molecule has 4 N–H and O–H groups in total.